The van der Waals surface area contributed by atoms with Gasteiger partial charge in [0, 0.05) is 0 Å². The van der Waals surface area contributed by atoms with Gasteiger partial charge in [0.15, 0.2) is 21.5 Å². The standard InChI is InChI=1S/2C5H5S.2ClH/c2*1-2-4-6-5-3-1;;/h2*1-5H;2*1H/q2*+1;;/p-2. The Bertz CT molecular complexity index is 192. The first-order chi connectivity index (χ1) is 6.00. The zero-order chi connectivity index (χ0) is 8.49. The van der Waals surface area contributed by atoms with Crippen molar-refractivity contribution < 1.29 is 24.8 Å². The summed E-state index contributed by atoms with van der Waals surface area (Å²) in [6.07, 6.45) is 0. The normalized spacial score (nSPS) is 6.86. The Balaban J connectivity index is 0. The van der Waals surface area contributed by atoms with E-state index in [0.29, 0.717) is 0 Å². The van der Waals surface area contributed by atoms with Crippen LogP contribution in [0.2, 0.25) is 0 Å². The lowest BCUT2D eigenvalue weighted by Crippen LogP contribution is -3.00. The minimum absolute atomic E-state index is 0. The highest BCUT2D eigenvalue weighted by atomic mass is 35.5. The molecule has 14 heavy (non-hydrogen) atoms. The van der Waals surface area contributed by atoms with Gasteiger partial charge in [-0.3, -0.25) is 0 Å². The lowest BCUT2D eigenvalue weighted by molar-refractivity contribution is -0.001000. The van der Waals surface area contributed by atoms with Gasteiger partial charge < -0.3 is 24.8 Å². The van der Waals surface area contributed by atoms with Crippen LogP contribution in [-0.4, -0.2) is 0 Å². The largest absolute Gasteiger partial charge is 1.00 e. The lowest BCUT2D eigenvalue weighted by atomic mass is 10.6. The molecule has 0 atom stereocenters. The first-order valence-electron chi connectivity index (χ1n) is 3.61. The summed E-state index contributed by atoms with van der Waals surface area (Å²) in [7, 11) is 0. The van der Waals surface area contributed by atoms with Crippen molar-refractivity contribution in [2.45, 2.75) is 0 Å². The summed E-state index contributed by atoms with van der Waals surface area (Å²) in [6, 6.07) is 12.1. The van der Waals surface area contributed by atoms with Gasteiger partial charge in [0.05, 0.1) is 0 Å². The molecule has 0 saturated heterocycles. The molecule has 0 spiro atoms. The Kier molecular flexibility index (Phi) is 14.7. The molecule has 0 bridgehead atoms. The number of hydrogen-bond acceptors (Lipinski definition) is 0. The van der Waals surface area contributed by atoms with Crippen molar-refractivity contribution in [2.24, 2.45) is 0 Å². The molecule has 2 heterocycles. The molecular weight excluding hydrogens is 255 g/mol. The molecule has 0 saturated carbocycles. The van der Waals surface area contributed by atoms with Crippen molar-refractivity contribution in [1.29, 1.82) is 0 Å². The fourth-order valence-electron chi connectivity index (χ4n) is 0.582. The van der Waals surface area contributed by atoms with Gasteiger partial charge in [-0.05, 0) is 24.3 Å². The van der Waals surface area contributed by atoms with Crippen LogP contribution in [0, 0.1) is 0 Å². The van der Waals surface area contributed by atoms with E-state index in [0.717, 1.165) is 0 Å². The molecular formula is C10H10Cl2S2. The SMILES string of the molecule is [Cl-].[Cl-].c1cc[s+]cc1.c1cc[s+]cc1. The highest BCUT2D eigenvalue weighted by Gasteiger charge is 1.75. The summed E-state index contributed by atoms with van der Waals surface area (Å²) >= 11 is 3.41. The third-order valence-electron chi connectivity index (χ3n) is 1.07. The van der Waals surface area contributed by atoms with E-state index in [1.165, 1.54) is 0 Å². The van der Waals surface area contributed by atoms with E-state index >= 15 is 0 Å². The molecule has 4 heteroatoms. The maximum Gasteiger partial charge on any atom is 0.211 e. The molecule has 76 valence electrons. The van der Waals surface area contributed by atoms with Crippen LogP contribution < -0.4 is 24.8 Å². The van der Waals surface area contributed by atoms with E-state index in [-0.39, 0.29) is 24.8 Å². The molecule has 0 aliphatic rings. The molecule has 0 aromatic carbocycles. The Hall–Kier alpha value is -0.280. The highest BCUT2D eigenvalue weighted by molar-refractivity contribution is 7.07. The molecule has 0 aliphatic carbocycles. The maximum atomic E-state index is 2.04. The van der Waals surface area contributed by atoms with Crippen LogP contribution in [0.3, 0.4) is 0 Å². The van der Waals surface area contributed by atoms with Crippen LogP contribution >= 0.6 is 22.7 Å². The van der Waals surface area contributed by atoms with E-state index in [1.54, 1.807) is 22.7 Å². The molecule has 2 aromatic heterocycles. The van der Waals surface area contributed by atoms with Gasteiger partial charge in [-0.15, -0.1) is 0 Å². The predicted molar refractivity (Wildman–Crippen MR) is 57.5 cm³/mol. The average Bonchev–Trinajstić information content (AvgIpc) is 2.24. The molecule has 0 radical (unpaired) electrons. The first kappa shape index (κ1) is 16.2. The summed E-state index contributed by atoms with van der Waals surface area (Å²) in [4.78, 5) is 0. The van der Waals surface area contributed by atoms with Gasteiger partial charge in [-0.2, -0.15) is 0 Å². The highest BCUT2D eigenvalue weighted by Crippen LogP contribution is 1.90. The second-order valence-corrected chi connectivity index (χ2v) is 3.60. The van der Waals surface area contributed by atoms with Crippen LogP contribution in [0.5, 0.6) is 0 Å². The van der Waals surface area contributed by atoms with Crippen molar-refractivity contribution in [1.82, 2.24) is 0 Å². The van der Waals surface area contributed by atoms with Crippen LogP contribution in [0.25, 0.3) is 0 Å². The van der Waals surface area contributed by atoms with Crippen LogP contribution in [0.4, 0.5) is 0 Å². The molecule has 2 aromatic rings. The van der Waals surface area contributed by atoms with Crippen LogP contribution in [0.15, 0.2) is 57.9 Å². The Morgan fingerprint density at radius 1 is 0.429 bits per heavy atom. The minimum atomic E-state index is 0. The summed E-state index contributed by atoms with van der Waals surface area (Å²) in [5.74, 6) is 0. The average molecular weight is 265 g/mol. The van der Waals surface area contributed by atoms with E-state index in [4.69, 9.17) is 0 Å². The van der Waals surface area contributed by atoms with Crippen LogP contribution in [0.1, 0.15) is 0 Å². The van der Waals surface area contributed by atoms with Crippen molar-refractivity contribution in [3.05, 3.63) is 57.9 Å². The monoisotopic (exact) mass is 264 g/mol. The molecule has 0 amide bonds. The Morgan fingerprint density at radius 2 is 0.714 bits per heavy atom. The summed E-state index contributed by atoms with van der Waals surface area (Å²) in [5.41, 5.74) is 0. The number of hydrogen-bond donors (Lipinski definition) is 0. The Labute approximate surface area is 105 Å². The molecule has 0 fully saturated rings. The molecule has 0 aliphatic heterocycles. The minimum Gasteiger partial charge on any atom is -1.00 e. The summed E-state index contributed by atoms with van der Waals surface area (Å²) in [6.45, 7) is 0. The van der Waals surface area contributed by atoms with Crippen molar-refractivity contribution in [3.8, 4) is 0 Å². The number of halogens is 2. The van der Waals surface area contributed by atoms with Gasteiger partial charge in [0.25, 0.3) is 0 Å². The smallest absolute Gasteiger partial charge is 0.211 e. The van der Waals surface area contributed by atoms with Gasteiger partial charge in [-0.1, -0.05) is 12.1 Å². The van der Waals surface area contributed by atoms with Gasteiger partial charge in [-0.25, -0.2) is 0 Å². The molecule has 0 unspecified atom stereocenters. The van der Waals surface area contributed by atoms with Gasteiger partial charge in [0.2, 0.25) is 22.7 Å². The molecule has 0 nitrogen and oxygen atoms in total. The van der Waals surface area contributed by atoms with Crippen molar-refractivity contribution >= 4 is 22.7 Å². The van der Waals surface area contributed by atoms with E-state index in [1.807, 2.05) is 57.9 Å². The van der Waals surface area contributed by atoms with Crippen molar-refractivity contribution in [3.63, 3.8) is 0 Å². The fraction of sp³-hybridized carbons (Fsp3) is 0. The van der Waals surface area contributed by atoms with E-state index < -0.39 is 0 Å². The number of rotatable bonds is 0. The van der Waals surface area contributed by atoms with E-state index in [9.17, 15) is 0 Å². The zero-order valence-electron chi connectivity index (χ0n) is 7.35. The second-order valence-electron chi connectivity index (χ2n) is 1.97. The van der Waals surface area contributed by atoms with Crippen LogP contribution in [-0.2, 0) is 0 Å². The topological polar surface area (TPSA) is 0 Å². The summed E-state index contributed by atoms with van der Waals surface area (Å²) in [5, 5.41) is 8.17. The predicted octanol–water partition coefficient (Wildman–Crippen LogP) is -1.93. The second kappa shape index (κ2) is 12.7. The third-order valence-corrected chi connectivity index (χ3v) is 2.33. The van der Waals surface area contributed by atoms with Crippen molar-refractivity contribution in [2.75, 3.05) is 0 Å². The lowest BCUT2D eigenvalue weighted by Gasteiger charge is -1.56. The molecule has 2 rings (SSSR count). The summed E-state index contributed by atoms with van der Waals surface area (Å²) < 4.78 is 0. The van der Waals surface area contributed by atoms with Gasteiger partial charge in [0.1, 0.15) is 0 Å². The van der Waals surface area contributed by atoms with E-state index in [2.05, 4.69) is 0 Å². The Morgan fingerprint density at radius 3 is 0.786 bits per heavy atom. The fourth-order valence-corrected chi connectivity index (χ4v) is 1.49. The quantitative estimate of drug-likeness (QED) is 0.487. The maximum absolute atomic E-state index is 2.04. The zero-order valence-corrected chi connectivity index (χ0v) is 10.5. The third kappa shape index (κ3) is 9.81. The molecule has 0 N–H and O–H groups in total. The first-order valence-corrected chi connectivity index (χ1v) is 5.50. The van der Waals surface area contributed by atoms with Gasteiger partial charge >= 0.3 is 0 Å².